The number of rotatable bonds is 3. The third-order valence-corrected chi connectivity index (χ3v) is 2.36. The summed E-state index contributed by atoms with van der Waals surface area (Å²) in [6.45, 7) is -0.380. The van der Waals surface area contributed by atoms with Gasteiger partial charge in [-0.15, -0.1) is 0 Å². The maximum absolute atomic E-state index is 9.65. The quantitative estimate of drug-likeness (QED) is 0.501. The third kappa shape index (κ3) is 2.05. The van der Waals surface area contributed by atoms with Crippen molar-refractivity contribution < 1.29 is 29.5 Å². The molecule has 0 spiro atoms. The molecule has 0 aliphatic carbocycles. The fourth-order valence-corrected chi connectivity index (χ4v) is 1.58. The van der Waals surface area contributed by atoms with Gasteiger partial charge in [-0.3, -0.25) is 0 Å². The van der Waals surface area contributed by atoms with E-state index in [-0.39, 0.29) is 6.61 Å². The van der Waals surface area contributed by atoms with Crippen molar-refractivity contribution in [2.45, 2.75) is 30.7 Å². The van der Waals surface area contributed by atoms with Crippen molar-refractivity contribution in [1.29, 1.82) is 0 Å². The average molecular weight is 208 g/mol. The predicted octanol–water partition coefficient (Wildman–Crippen LogP) is -1.91. The van der Waals surface area contributed by atoms with Crippen molar-refractivity contribution in [2.75, 3.05) is 20.8 Å². The van der Waals surface area contributed by atoms with E-state index in [2.05, 4.69) is 0 Å². The Morgan fingerprint density at radius 3 is 2.14 bits per heavy atom. The summed E-state index contributed by atoms with van der Waals surface area (Å²) in [6, 6.07) is 0. The minimum absolute atomic E-state index is 0.380. The summed E-state index contributed by atoms with van der Waals surface area (Å²) in [4.78, 5) is 0. The topological polar surface area (TPSA) is 88.4 Å². The van der Waals surface area contributed by atoms with Gasteiger partial charge in [-0.25, -0.2) is 0 Å². The van der Waals surface area contributed by atoms with Crippen LogP contribution in [0.15, 0.2) is 0 Å². The van der Waals surface area contributed by atoms with Crippen LogP contribution in [0.1, 0.15) is 0 Å². The van der Waals surface area contributed by atoms with E-state index >= 15 is 0 Å². The molecule has 0 bridgehead atoms. The second-order valence-corrected chi connectivity index (χ2v) is 3.14. The number of hydrogen-bond donors (Lipinski definition) is 3. The van der Waals surface area contributed by atoms with Crippen LogP contribution in [0.25, 0.3) is 0 Å². The summed E-state index contributed by atoms with van der Waals surface area (Å²) in [5, 5.41) is 27.9. The minimum Gasteiger partial charge on any atom is -0.394 e. The highest BCUT2D eigenvalue weighted by molar-refractivity contribution is 4.90. The Labute approximate surface area is 82.0 Å². The van der Waals surface area contributed by atoms with Gasteiger partial charge in [-0.2, -0.15) is 0 Å². The molecule has 6 nitrogen and oxygen atoms in total. The molecule has 0 aromatic heterocycles. The smallest absolute Gasteiger partial charge is 0.184 e. The Morgan fingerprint density at radius 2 is 1.71 bits per heavy atom. The number of hydrogen-bond acceptors (Lipinski definition) is 6. The molecule has 0 aromatic rings. The highest BCUT2D eigenvalue weighted by atomic mass is 16.7. The Morgan fingerprint density at radius 1 is 1.14 bits per heavy atom. The van der Waals surface area contributed by atoms with Crippen molar-refractivity contribution in [3.05, 3.63) is 0 Å². The van der Waals surface area contributed by atoms with E-state index in [9.17, 15) is 10.2 Å². The van der Waals surface area contributed by atoms with Gasteiger partial charge in [-0.05, 0) is 0 Å². The van der Waals surface area contributed by atoms with Crippen molar-refractivity contribution in [1.82, 2.24) is 0 Å². The molecule has 0 radical (unpaired) electrons. The van der Waals surface area contributed by atoms with Crippen molar-refractivity contribution >= 4 is 0 Å². The summed E-state index contributed by atoms with van der Waals surface area (Å²) < 4.78 is 14.8. The molecule has 0 saturated carbocycles. The summed E-state index contributed by atoms with van der Waals surface area (Å²) >= 11 is 0. The average Bonchev–Trinajstić information content (AvgIpc) is 2.20. The molecule has 14 heavy (non-hydrogen) atoms. The van der Waals surface area contributed by atoms with E-state index in [1.54, 1.807) is 0 Å². The first-order valence-corrected chi connectivity index (χ1v) is 4.33. The first-order chi connectivity index (χ1) is 6.65. The maximum atomic E-state index is 9.65. The van der Waals surface area contributed by atoms with E-state index in [1.165, 1.54) is 14.2 Å². The van der Waals surface area contributed by atoms with Crippen LogP contribution in [-0.4, -0.2) is 66.9 Å². The fraction of sp³-hybridized carbons (Fsp3) is 1.00. The van der Waals surface area contributed by atoms with Gasteiger partial charge in [0, 0.05) is 14.2 Å². The number of methoxy groups -OCH3 is 2. The van der Waals surface area contributed by atoms with Crippen LogP contribution in [0.4, 0.5) is 0 Å². The molecule has 1 heterocycles. The zero-order valence-corrected chi connectivity index (χ0v) is 8.16. The zero-order chi connectivity index (χ0) is 10.7. The molecule has 0 amide bonds. The first kappa shape index (κ1) is 11.8. The summed E-state index contributed by atoms with van der Waals surface area (Å²) in [5.74, 6) is 0. The lowest BCUT2D eigenvalue weighted by Crippen LogP contribution is -2.59. The number of ether oxygens (including phenoxy) is 3. The first-order valence-electron chi connectivity index (χ1n) is 4.33. The Kier molecular flexibility index (Phi) is 4.24. The second-order valence-electron chi connectivity index (χ2n) is 3.14. The summed E-state index contributed by atoms with van der Waals surface area (Å²) in [6.07, 6.45) is -4.52. The molecular weight excluding hydrogens is 192 g/mol. The molecule has 3 N–H and O–H groups in total. The highest BCUT2D eigenvalue weighted by Gasteiger charge is 2.44. The van der Waals surface area contributed by atoms with Crippen LogP contribution in [-0.2, 0) is 14.2 Å². The number of aliphatic hydroxyl groups excluding tert-OH is 3. The largest absolute Gasteiger partial charge is 0.394 e. The van der Waals surface area contributed by atoms with Crippen molar-refractivity contribution in [3.63, 3.8) is 0 Å². The SMILES string of the molecule is CO[C@@H]1[C@@H](OC)[C@H](O)[C@H](CO)O[C@H]1O. The standard InChI is InChI=1S/C8H16O6/c1-12-6-5(10)4(3-9)14-8(11)7(6)13-2/h4-11H,3H2,1-2H3/t4-,5+,6-,7+,8+/m0/s1. The van der Waals surface area contributed by atoms with E-state index in [1.807, 2.05) is 0 Å². The van der Waals surface area contributed by atoms with E-state index < -0.39 is 30.7 Å². The monoisotopic (exact) mass is 208 g/mol. The highest BCUT2D eigenvalue weighted by Crippen LogP contribution is 2.23. The molecule has 84 valence electrons. The Balaban J connectivity index is 2.73. The molecule has 1 rings (SSSR count). The summed E-state index contributed by atoms with van der Waals surface area (Å²) in [7, 11) is 2.78. The Bertz CT molecular complexity index is 175. The van der Waals surface area contributed by atoms with Crippen LogP contribution in [0.5, 0.6) is 0 Å². The fourth-order valence-electron chi connectivity index (χ4n) is 1.58. The lowest BCUT2D eigenvalue weighted by atomic mass is 9.99. The van der Waals surface area contributed by atoms with Gasteiger partial charge in [0.25, 0.3) is 0 Å². The molecule has 0 unspecified atom stereocenters. The van der Waals surface area contributed by atoms with E-state index in [0.717, 1.165) is 0 Å². The van der Waals surface area contributed by atoms with Gasteiger partial charge < -0.3 is 29.5 Å². The van der Waals surface area contributed by atoms with Gasteiger partial charge in [-0.1, -0.05) is 0 Å². The lowest BCUT2D eigenvalue weighted by molar-refractivity contribution is -0.295. The van der Waals surface area contributed by atoms with Crippen molar-refractivity contribution in [3.8, 4) is 0 Å². The molecule has 1 saturated heterocycles. The normalized spacial score (nSPS) is 43.9. The maximum Gasteiger partial charge on any atom is 0.184 e. The molecule has 1 fully saturated rings. The third-order valence-electron chi connectivity index (χ3n) is 2.36. The van der Waals surface area contributed by atoms with Crippen LogP contribution < -0.4 is 0 Å². The molecule has 1 aliphatic heterocycles. The predicted molar refractivity (Wildman–Crippen MR) is 45.6 cm³/mol. The van der Waals surface area contributed by atoms with Gasteiger partial charge in [0.1, 0.15) is 24.4 Å². The Hall–Kier alpha value is -0.240. The molecule has 1 aliphatic rings. The van der Waals surface area contributed by atoms with E-state index in [0.29, 0.717) is 0 Å². The van der Waals surface area contributed by atoms with Crippen LogP contribution in [0.2, 0.25) is 0 Å². The second kappa shape index (κ2) is 5.01. The van der Waals surface area contributed by atoms with Gasteiger partial charge in [0.15, 0.2) is 6.29 Å². The molecule has 6 heteroatoms. The molecular formula is C8H16O6. The van der Waals surface area contributed by atoms with Gasteiger partial charge in [0.05, 0.1) is 6.61 Å². The number of aliphatic hydroxyl groups is 3. The lowest BCUT2D eigenvalue weighted by Gasteiger charge is -2.40. The summed E-state index contributed by atoms with van der Waals surface area (Å²) in [5.41, 5.74) is 0. The van der Waals surface area contributed by atoms with Crippen LogP contribution in [0.3, 0.4) is 0 Å². The molecule has 0 aromatic carbocycles. The van der Waals surface area contributed by atoms with Crippen LogP contribution in [0, 0.1) is 0 Å². The van der Waals surface area contributed by atoms with Crippen LogP contribution >= 0.6 is 0 Å². The van der Waals surface area contributed by atoms with E-state index in [4.69, 9.17) is 19.3 Å². The van der Waals surface area contributed by atoms with Gasteiger partial charge in [0.2, 0.25) is 0 Å². The molecule has 5 atom stereocenters. The van der Waals surface area contributed by atoms with Gasteiger partial charge >= 0.3 is 0 Å². The minimum atomic E-state index is -1.20. The zero-order valence-electron chi connectivity index (χ0n) is 8.16. The van der Waals surface area contributed by atoms with Crippen molar-refractivity contribution in [2.24, 2.45) is 0 Å².